The maximum Gasteiger partial charge on any atom is 0.335 e. The second kappa shape index (κ2) is 2.82. The average Bonchev–Trinajstić information content (AvgIpc) is 2.98. The van der Waals surface area contributed by atoms with Crippen LogP contribution in [0.3, 0.4) is 0 Å². The Balaban J connectivity index is 2.21. The molecule has 0 amide bonds. The molecule has 0 saturated heterocycles. The third-order valence-corrected chi connectivity index (χ3v) is 2.74. The van der Waals surface area contributed by atoms with Crippen LogP contribution >= 0.6 is 0 Å². The SMILES string of the molecule is O=C(O)c1ccc2cnn(C3CC3)c2c1. The van der Waals surface area contributed by atoms with E-state index < -0.39 is 5.97 Å². The van der Waals surface area contributed by atoms with Crippen molar-refractivity contribution < 1.29 is 9.90 Å². The van der Waals surface area contributed by atoms with Crippen molar-refractivity contribution in [2.45, 2.75) is 18.9 Å². The molecule has 0 bridgehead atoms. The van der Waals surface area contributed by atoms with Crippen molar-refractivity contribution in [3.05, 3.63) is 30.0 Å². The molecule has 1 aliphatic carbocycles. The molecule has 4 nitrogen and oxygen atoms in total. The van der Waals surface area contributed by atoms with E-state index in [1.54, 1.807) is 18.3 Å². The highest BCUT2D eigenvalue weighted by atomic mass is 16.4. The van der Waals surface area contributed by atoms with Gasteiger partial charge in [-0.15, -0.1) is 0 Å². The van der Waals surface area contributed by atoms with Crippen molar-refractivity contribution >= 4 is 16.9 Å². The molecule has 1 aromatic heterocycles. The van der Waals surface area contributed by atoms with Crippen LogP contribution < -0.4 is 0 Å². The summed E-state index contributed by atoms with van der Waals surface area (Å²) in [5.41, 5.74) is 1.25. The first-order valence-corrected chi connectivity index (χ1v) is 4.96. The molecule has 0 spiro atoms. The lowest BCUT2D eigenvalue weighted by atomic mass is 10.2. The van der Waals surface area contributed by atoms with Gasteiger partial charge in [-0.3, -0.25) is 4.68 Å². The van der Waals surface area contributed by atoms with Gasteiger partial charge in [-0.05, 0) is 25.0 Å². The van der Waals surface area contributed by atoms with Gasteiger partial charge in [0, 0.05) is 5.39 Å². The van der Waals surface area contributed by atoms with Crippen molar-refractivity contribution in [2.75, 3.05) is 0 Å². The lowest BCUT2D eigenvalue weighted by Crippen LogP contribution is -1.99. The van der Waals surface area contributed by atoms with Crippen molar-refractivity contribution in [3.63, 3.8) is 0 Å². The minimum atomic E-state index is -0.888. The summed E-state index contributed by atoms with van der Waals surface area (Å²) in [7, 11) is 0. The number of carboxylic acid groups (broad SMARTS) is 1. The summed E-state index contributed by atoms with van der Waals surface area (Å²) in [6, 6.07) is 5.60. The highest BCUT2D eigenvalue weighted by molar-refractivity contribution is 5.93. The van der Waals surface area contributed by atoms with Gasteiger partial charge >= 0.3 is 5.97 Å². The Morgan fingerprint density at radius 2 is 2.27 bits per heavy atom. The fourth-order valence-electron chi connectivity index (χ4n) is 1.78. The molecular formula is C11H10N2O2. The number of hydrogen-bond donors (Lipinski definition) is 1. The van der Waals surface area contributed by atoms with Crippen molar-refractivity contribution in [2.24, 2.45) is 0 Å². The monoisotopic (exact) mass is 202 g/mol. The highest BCUT2D eigenvalue weighted by Gasteiger charge is 2.25. The maximum absolute atomic E-state index is 10.8. The fourth-order valence-corrected chi connectivity index (χ4v) is 1.78. The zero-order valence-electron chi connectivity index (χ0n) is 8.05. The summed E-state index contributed by atoms with van der Waals surface area (Å²) < 4.78 is 1.93. The second-order valence-electron chi connectivity index (χ2n) is 3.90. The molecule has 1 fully saturated rings. The second-order valence-corrected chi connectivity index (χ2v) is 3.90. The van der Waals surface area contributed by atoms with Gasteiger partial charge in [-0.25, -0.2) is 4.79 Å². The minimum Gasteiger partial charge on any atom is -0.478 e. The first kappa shape index (κ1) is 8.47. The summed E-state index contributed by atoms with van der Waals surface area (Å²) >= 11 is 0. The van der Waals surface area contributed by atoms with Crippen LogP contribution in [0.5, 0.6) is 0 Å². The van der Waals surface area contributed by atoms with Gasteiger partial charge in [0.25, 0.3) is 0 Å². The topological polar surface area (TPSA) is 55.1 Å². The predicted molar refractivity (Wildman–Crippen MR) is 55.0 cm³/mol. The number of benzene rings is 1. The summed E-state index contributed by atoms with van der Waals surface area (Å²) in [6.45, 7) is 0. The van der Waals surface area contributed by atoms with Gasteiger partial charge in [0.15, 0.2) is 0 Å². The molecule has 0 unspecified atom stereocenters. The number of rotatable bonds is 2. The highest BCUT2D eigenvalue weighted by Crippen LogP contribution is 2.36. The van der Waals surface area contributed by atoms with E-state index in [2.05, 4.69) is 5.10 Å². The van der Waals surface area contributed by atoms with Gasteiger partial charge < -0.3 is 5.11 Å². The average molecular weight is 202 g/mol. The van der Waals surface area contributed by atoms with Gasteiger partial charge in [0.05, 0.1) is 23.3 Å². The van der Waals surface area contributed by atoms with E-state index in [9.17, 15) is 4.79 Å². The van der Waals surface area contributed by atoms with Crippen molar-refractivity contribution in [1.82, 2.24) is 9.78 Å². The molecule has 0 atom stereocenters. The minimum absolute atomic E-state index is 0.324. The molecule has 3 rings (SSSR count). The molecule has 1 N–H and O–H groups in total. The predicted octanol–water partition coefficient (Wildman–Crippen LogP) is 2.07. The maximum atomic E-state index is 10.8. The molecule has 76 valence electrons. The van der Waals surface area contributed by atoms with Gasteiger partial charge in [-0.2, -0.15) is 5.10 Å². The Kier molecular flexibility index (Phi) is 1.59. The Labute approximate surface area is 86.1 Å². The molecular weight excluding hydrogens is 192 g/mol. The third kappa shape index (κ3) is 1.29. The third-order valence-electron chi connectivity index (χ3n) is 2.74. The molecule has 0 radical (unpaired) electrons. The van der Waals surface area contributed by atoms with Crippen LogP contribution in [0.25, 0.3) is 10.9 Å². The number of carbonyl (C=O) groups is 1. The van der Waals surface area contributed by atoms with Crippen LogP contribution in [0, 0.1) is 0 Å². The number of nitrogens with zero attached hydrogens (tertiary/aromatic N) is 2. The zero-order valence-corrected chi connectivity index (χ0v) is 8.05. The number of aromatic nitrogens is 2. The van der Waals surface area contributed by atoms with Crippen LogP contribution in [0.2, 0.25) is 0 Å². The molecule has 0 aliphatic heterocycles. The van der Waals surface area contributed by atoms with Gasteiger partial charge in [-0.1, -0.05) is 6.07 Å². The zero-order chi connectivity index (χ0) is 10.4. The van der Waals surface area contributed by atoms with Crippen LogP contribution in [0.1, 0.15) is 29.2 Å². The Hall–Kier alpha value is -1.84. The van der Waals surface area contributed by atoms with Crippen molar-refractivity contribution in [1.29, 1.82) is 0 Å². The van der Waals surface area contributed by atoms with Gasteiger partial charge in [0.2, 0.25) is 0 Å². The van der Waals surface area contributed by atoms with Crippen LogP contribution in [-0.4, -0.2) is 20.9 Å². The number of hydrogen-bond acceptors (Lipinski definition) is 2. The molecule has 1 aromatic carbocycles. The molecule has 1 saturated carbocycles. The van der Waals surface area contributed by atoms with E-state index in [1.165, 1.54) is 0 Å². The van der Waals surface area contributed by atoms with E-state index in [-0.39, 0.29) is 0 Å². The molecule has 4 heteroatoms. The lowest BCUT2D eigenvalue weighted by molar-refractivity contribution is 0.0697. The van der Waals surface area contributed by atoms with Crippen LogP contribution in [0.15, 0.2) is 24.4 Å². The first-order valence-electron chi connectivity index (χ1n) is 4.96. The molecule has 1 heterocycles. The number of carboxylic acids is 1. The normalized spacial score (nSPS) is 15.7. The molecule has 1 aliphatic rings. The summed E-state index contributed by atoms with van der Waals surface area (Å²) in [4.78, 5) is 10.8. The van der Waals surface area contributed by atoms with Crippen LogP contribution in [0.4, 0.5) is 0 Å². The lowest BCUT2D eigenvalue weighted by Gasteiger charge is -2.00. The van der Waals surface area contributed by atoms with Gasteiger partial charge in [0.1, 0.15) is 0 Å². The van der Waals surface area contributed by atoms with E-state index >= 15 is 0 Å². The van der Waals surface area contributed by atoms with Crippen LogP contribution in [-0.2, 0) is 0 Å². The summed E-state index contributed by atoms with van der Waals surface area (Å²) in [6.07, 6.45) is 4.08. The van der Waals surface area contributed by atoms with E-state index in [0.717, 1.165) is 23.7 Å². The van der Waals surface area contributed by atoms with E-state index in [1.807, 2.05) is 10.7 Å². The molecule has 15 heavy (non-hydrogen) atoms. The number of fused-ring (bicyclic) bond motifs is 1. The summed E-state index contributed by atoms with van der Waals surface area (Å²) in [5, 5.41) is 14.2. The van der Waals surface area contributed by atoms with E-state index in [4.69, 9.17) is 5.11 Å². The number of aromatic carboxylic acids is 1. The fraction of sp³-hybridized carbons (Fsp3) is 0.273. The molecule has 2 aromatic rings. The Morgan fingerprint density at radius 1 is 1.47 bits per heavy atom. The quantitative estimate of drug-likeness (QED) is 0.811. The van der Waals surface area contributed by atoms with E-state index in [0.29, 0.717) is 11.6 Å². The first-order chi connectivity index (χ1) is 7.25. The smallest absolute Gasteiger partial charge is 0.335 e. The van der Waals surface area contributed by atoms with Crippen molar-refractivity contribution in [3.8, 4) is 0 Å². The largest absolute Gasteiger partial charge is 0.478 e. The standard InChI is InChI=1S/C11H10N2O2/c14-11(15)7-1-2-8-6-12-13(9-3-4-9)10(8)5-7/h1-2,5-6,9H,3-4H2,(H,14,15). The Bertz CT molecular complexity index is 541. The Morgan fingerprint density at radius 3 is 2.93 bits per heavy atom. The summed E-state index contributed by atoms with van der Waals surface area (Å²) in [5.74, 6) is -0.888.